The van der Waals surface area contributed by atoms with Gasteiger partial charge < -0.3 is 16.4 Å². The maximum Gasteiger partial charge on any atom is 0.253 e. The summed E-state index contributed by atoms with van der Waals surface area (Å²) in [7, 11) is 3.38. The van der Waals surface area contributed by atoms with Crippen molar-refractivity contribution in [2.45, 2.75) is 0 Å². The van der Waals surface area contributed by atoms with E-state index in [1.165, 1.54) is 4.90 Å². The lowest BCUT2D eigenvalue weighted by Crippen LogP contribution is -2.21. The standard InChI is InChI=1S/C9H13N3O/c1-12(2)9(13)6-3-4-7(10)8(11)5-6/h3-5H,10-11H2,1-2H3. The van der Waals surface area contributed by atoms with Crippen molar-refractivity contribution in [2.75, 3.05) is 25.6 Å². The molecule has 0 spiro atoms. The molecule has 70 valence electrons. The molecule has 0 aromatic heterocycles. The van der Waals surface area contributed by atoms with E-state index in [0.717, 1.165) is 0 Å². The van der Waals surface area contributed by atoms with Crippen LogP contribution in [0, 0.1) is 0 Å². The Hall–Kier alpha value is -1.71. The fourth-order valence-electron chi connectivity index (χ4n) is 0.966. The van der Waals surface area contributed by atoms with E-state index in [2.05, 4.69) is 0 Å². The molecule has 0 atom stereocenters. The van der Waals surface area contributed by atoms with Crippen molar-refractivity contribution in [3.05, 3.63) is 23.8 Å². The second-order valence-electron chi connectivity index (χ2n) is 3.04. The summed E-state index contributed by atoms with van der Waals surface area (Å²) in [4.78, 5) is 12.9. The van der Waals surface area contributed by atoms with Crippen LogP contribution in [0.4, 0.5) is 11.4 Å². The van der Waals surface area contributed by atoms with Crippen LogP contribution in [0.1, 0.15) is 10.4 Å². The van der Waals surface area contributed by atoms with Gasteiger partial charge in [-0.2, -0.15) is 0 Å². The van der Waals surface area contributed by atoms with Crippen molar-refractivity contribution in [3.63, 3.8) is 0 Å². The van der Waals surface area contributed by atoms with Gasteiger partial charge in [0, 0.05) is 19.7 Å². The molecule has 0 radical (unpaired) electrons. The molecule has 1 aromatic rings. The minimum Gasteiger partial charge on any atom is -0.397 e. The van der Waals surface area contributed by atoms with Gasteiger partial charge in [-0.3, -0.25) is 4.79 Å². The Morgan fingerprint density at radius 2 is 1.85 bits per heavy atom. The third-order valence-corrected chi connectivity index (χ3v) is 1.74. The lowest BCUT2D eigenvalue weighted by atomic mass is 10.1. The number of nitrogens with zero attached hydrogens (tertiary/aromatic N) is 1. The van der Waals surface area contributed by atoms with E-state index in [0.29, 0.717) is 16.9 Å². The quantitative estimate of drug-likeness (QED) is 0.618. The van der Waals surface area contributed by atoms with Gasteiger partial charge in [0.2, 0.25) is 0 Å². The first-order valence-corrected chi connectivity index (χ1v) is 3.89. The molecule has 1 aromatic carbocycles. The first-order chi connectivity index (χ1) is 6.02. The number of benzene rings is 1. The lowest BCUT2D eigenvalue weighted by Gasteiger charge is -2.10. The van der Waals surface area contributed by atoms with E-state index < -0.39 is 0 Å². The number of hydrogen-bond donors (Lipinski definition) is 2. The molecule has 4 heteroatoms. The average Bonchev–Trinajstić information content (AvgIpc) is 2.08. The first-order valence-electron chi connectivity index (χ1n) is 3.89. The Morgan fingerprint density at radius 1 is 1.23 bits per heavy atom. The Balaban J connectivity index is 3.04. The highest BCUT2D eigenvalue weighted by atomic mass is 16.2. The van der Waals surface area contributed by atoms with Gasteiger partial charge in [0.25, 0.3) is 5.91 Å². The summed E-state index contributed by atoms with van der Waals surface area (Å²) in [5, 5.41) is 0. The van der Waals surface area contributed by atoms with E-state index in [1.54, 1.807) is 32.3 Å². The van der Waals surface area contributed by atoms with Crippen LogP contribution in [-0.4, -0.2) is 24.9 Å². The highest BCUT2D eigenvalue weighted by molar-refractivity contribution is 5.95. The monoisotopic (exact) mass is 179 g/mol. The van der Waals surface area contributed by atoms with E-state index >= 15 is 0 Å². The van der Waals surface area contributed by atoms with Crippen molar-refractivity contribution >= 4 is 17.3 Å². The summed E-state index contributed by atoms with van der Waals surface area (Å²) in [5.41, 5.74) is 12.6. The van der Waals surface area contributed by atoms with Crippen LogP contribution in [-0.2, 0) is 0 Å². The normalized spacial score (nSPS) is 9.69. The third-order valence-electron chi connectivity index (χ3n) is 1.74. The van der Waals surface area contributed by atoms with E-state index in [9.17, 15) is 4.79 Å². The molecular formula is C9H13N3O. The molecule has 0 bridgehead atoms. The molecule has 0 saturated heterocycles. The number of hydrogen-bond acceptors (Lipinski definition) is 3. The number of nitrogens with two attached hydrogens (primary N) is 2. The van der Waals surface area contributed by atoms with Crippen LogP contribution in [0.25, 0.3) is 0 Å². The summed E-state index contributed by atoms with van der Waals surface area (Å²) in [6, 6.07) is 4.87. The van der Waals surface area contributed by atoms with Crippen LogP contribution < -0.4 is 11.5 Å². The zero-order valence-corrected chi connectivity index (χ0v) is 7.74. The van der Waals surface area contributed by atoms with Gasteiger partial charge in [-0.15, -0.1) is 0 Å². The summed E-state index contributed by atoms with van der Waals surface area (Å²) in [6.45, 7) is 0. The number of carbonyl (C=O) groups is 1. The minimum absolute atomic E-state index is 0.0771. The van der Waals surface area contributed by atoms with E-state index in [4.69, 9.17) is 11.5 Å². The smallest absolute Gasteiger partial charge is 0.253 e. The summed E-state index contributed by atoms with van der Waals surface area (Å²) >= 11 is 0. The third kappa shape index (κ3) is 1.90. The van der Waals surface area contributed by atoms with Crippen LogP contribution in [0.3, 0.4) is 0 Å². The summed E-state index contributed by atoms with van der Waals surface area (Å²) in [6.07, 6.45) is 0. The van der Waals surface area contributed by atoms with Gasteiger partial charge in [-0.05, 0) is 18.2 Å². The maximum absolute atomic E-state index is 11.4. The largest absolute Gasteiger partial charge is 0.397 e. The fourth-order valence-corrected chi connectivity index (χ4v) is 0.966. The molecule has 4 N–H and O–H groups in total. The van der Waals surface area contributed by atoms with Crippen molar-refractivity contribution in [1.29, 1.82) is 0 Å². The highest BCUT2D eigenvalue weighted by Crippen LogP contribution is 2.16. The van der Waals surface area contributed by atoms with Gasteiger partial charge in [0.1, 0.15) is 0 Å². The van der Waals surface area contributed by atoms with Gasteiger partial charge >= 0.3 is 0 Å². The fraction of sp³-hybridized carbons (Fsp3) is 0.222. The highest BCUT2D eigenvalue weighted by Gasteiger charge is 2.08. The van der Waals surface area contributed by atoms with Crippen molar-refractivity contribution in [3.8, 4) is 0 Å². The molecule has 0 fully saturated rings. The maximum atomic E-state index is 11.4. The van der Waals surface area contributed by atoms with Crippen molar-refractivity contribution < 1.29 is 4.79 Å². The minimum atomic E-state index is -0.0771. The van der Waals surface area contributed by atoms with Crippen LogP contribution in [0.2, 0.25) is 0 Å². The average molecular weight is 179 g/mol. The number of carbonyl (C=O) groups excluding carboxylic acids is 1. The van der Waals surface area contributed by atoms with Crippen molar-refractivity contribution in [2.24, 2.45) is 0 Å². The van der Waals surface area contributed by atoms with Crippen molar-refractivity contribution in [1.82, 2.24) is 4.90 Å². The molecule has 4 nitrogen and oxygen atoms in total. The predicted molar refractivity (Wildman–Crippen MR) is 53.3 cm³/mol. The molecule has 0 unspecified atom stereocenters. The molecule has 13 heavy (non-hydrogen) atoms. The second-order valence-corrected chi connectivity index (χ2v) is 3.04. The second kappa shape index (κ2) is 3.35. The molecule has 1 rings (SSSR count). The summed E-state index contributed by atoms with van der Waals surface area (Å²) in [5.74, 6) is -0.0771. The Labute approximate surface area is 77.1 Å². The molecular weight excluding hydrogens is 166 g/mol. The number of amides is 1. The SMILES string of the molecule is CN(C)C(=O)c1ccc(N)c(N)c1. The Bertz CT molecular complexity index is 334. The number of nitrogen functional groups attached to an aromatic ring is 2. The molecule has 0 heterocycles. The van der Waals surface area contributed by atoms with Crippen LogP contribution in [0.15, 0.2) is 18.2 Å². The van der Waals surface area contributed by atoms with Crippen LogP contribution in [0.5, 0.6) is 0 Å². The van der Waals surface area contributed by atoms with Gasteiger partial charge in [-0.25, -0.2) is 0 Å². The van der Waals surface area contributed by atoms with Gasteiger partial charge in [0.05, 0.1) is 11.4 Å². The molecule has 0 saturated carbocycles. The van der Waals surface area contributed by atoms with Crippen LogP contribution >= 0.6 is 0 Å². The molecule has 0 aliphatic rings. The predicted octanol–water partition coefficient (Wildman–Crippen LogP) is 0.553. The molecule has 1 amide bonds. The van der Waals surface area contributed by atoms with E-state index in [1.807, 2.05) is 0 Å². The van der Waals surface area contributed by atoms with Gasteiger partial charge in [-0.1, -0.05) is 0 Å². The zero-order valence-electron chi connectivity index (χ0n) is 7.74. The Kier molecular flexibility index (Phi) is 2.41. The Morgan fingerprint density at radius 3 is 2.31 bits per heavy atom. The molecule has 0 aliphatic carbocycles. The topological polar surface area (TPSA) is 72.3 Å². The van der Waals surface area contributed by atoms with E-state index in [-0.39, 0.29) is 5.91 Å². The number of anilines is 2. The van der Waals surface area contributed by atoms with Gasteiger partial charge in [0.15, 0.2) is 0 Å². The zero-order chi connectivity index (χ0) is 10.0. The number of rotatable bonds is 1. The lowest BCUT2D eigenvalue weighted by molar-refractivity contribution is 0.0827. The summed E-state index contributed by atoms with van der Waals surface area (Å²) < 4.78 is 0. The molecule has 0 aliphatic heterocycles. The first kappa shape index (κ1) is 9.38.